The number of anilines is 2. The molecule has 3 aromatic carbocycles. The van der Waals surface area contributed by atoms with Gasteiger partial charge >= 0.3 is 0 Å². The molecule has 4 rings (SSSR count). The summed E-state index contributed by atoms with van der Waals surface area (Å²) >= 11 is 5.91. The number of amides is 2. The van der Waals surface area contributed by atoms with Crippen molar-refractivity contribution in [3.8, 4) is 0 Å². The van der Waals surface area contributed by atoms with Gasteiger partial charge in [0.15, 0.2) is 11.6 Å². The highest BCUT2D eigenvalue weighted by molar-refractivity contribution is 6.46. The van der Waals surface area contributed by atoms with Crippen LogP contribution in [0.15, 0.2) is 72.4 Å². The van der Waals surface area contributed by atoms with Gasteiger partial charge in [-0.25, -0.2) is 18.1 Å². The number of hydrogen-bond acceptors (Lipinski definition) is 3. The quantitative estimate of drug-likeness (QED) is 0.584. The Morgan fingerprint density at radius 1 is 0.800 bits per heavy atom. The van der Waals surface area contributed by atoms with Crippen LogP contribution in [-0.4, -0.2) is 11.8 Å². The molecule has 150 valence electrons. The van der Waals surface area contributed by atoms with E-state index in [1.807, 2.05) is 0 Å². The van der Waals surface area contributed by atoms with E-state index in [-0.39, 0.29) is 22.6 Å². The van der Waals surface area contributed by atoms with Crippen molar-refractivity contribution in [2.75, 3.05) is 10.2 Å². The third-order valence-corrected chi connectivity index (χ3v) is 4.72. The van der Waals surface area contributed by atoms with Crippen LogP contribution in [0.1, 0.15) is 5.56 Å². The van der Waals surface area contributed by atoms with E-state index in [0.717, 1.165) is 29.2 Å². The fourth-order valence-electron chi connectivity index (χ4n) is 3.10. The average Bonchev–Trinajstić information content (AvgIpc) is 2.95. The van der Waals surface area contributed by atoms with Crippen LogP contribution in [0.3, 0.4) is 0 Å². The fourth-order valence-corrected chi connectivity index (χ4v) is 3.23. The van der Waals surface area contributed by atoms with E-state index < -0.39 is 29.3 Å². The Kier molecular flexibility index (Phi) is 5.05. The van der Waals surface area contributed by atoms with Crippen molar-refractivity contribution in [3.05, 3.63) is 100 Å². The summed E-state index contributed by atoms with van der Waals surface area (Å²) in [5.41, 5.74) is 0.348. The van der Waals surface area contributed by atoms with E-state index in [4.69, 9.17) is 11.6 Å². The molecule has 0 radical (unpaired) electrons. The number of imide groups is 1. The highest BCUT2D eigenvalue weighted by atomic mass is 35.5. The fraction of sp³-hybridized carbons (Fsp3) is 0. The van der Waals surface area contributed by atoms with Crippen LogP contribution in [-0.2, 0) is 9.59 Å². The zero-order chi connectivity index (χ0) is 21.4. The number of hydrogen-bond donors (Lipinski definition) is 1. The van der Waals surface area contributed by atoms with Crippen molar-refractivity contribution in [2.24, 2.45) is 0 Å². The van der Waals surface area contributed by atoms with Crippen molar-refractivity contribution < 1.29 is 22.8 Å². The lowest BCUT2D eigenvalue weighted by atomic mass is 10.0. The maximum atomic E-state index is 13.7. The summed E-state index contributed by atoms with van der Waals surface area (Å²) < 4.78 is 40.7. The molecule has 0 saturated heterocycles. The Morgan fingerprint density at radius 2 is 1.53 bits per heavy atom. The molecule has 8 heteroatoms. The van der Waals surface area contributed by atoms with Crippen LogP contribution >= 0.6 is 11.6 Å². The lowest BCUT2D eigenvalue weighted by Crippen LogP contribution is -2.32. The molecule has 1 heterocycles. The molecule has 0 fully saturated rings. The monoisotopic (exact) mass is 428 g/mol. The number of halogens is 4. The minimum Gasteiger partial charge on any atom is -0.350 e. The summed E-state index contributed by atoms with van der Waals surface area (Å²) in [4.78, 5) is 27.0. The van der Waals surface area contributed by atoms with E-state index in [2.05, 4.69) is 5.32 Å². The summed E-state index contributed by atoms with van der Waals surface area (Å²) in [5, 5.41) is 3.20. The van der Waals surface area contributed by atoms with Gasteiger partial charge in [0.1, 0.15) is 11.5 Å². The van der Waals surface area contributed by atoms with Crippen LogP contribution in [0.4, 0.5) is 24.5 Å². The molecule has 0 aliphatic carbocycles. The Labute approximate surface area is 174 Å². The van der Waals surface area contributed by atoms with Crippen molar-refractivity contribution in [1.29, 1.82) is 0 Å². The molecule has 1 aliphatic rings. The molecule has 0 spiro atoms. The summed E-state index contributed by atoms with van der Waals surface area (Å²) in [6.45, 7) is 0. The maximum Gasteiger partial charge on any atom is 0.282 e. The van der Waals surface area contributed by atoms with Crippen LogP contribution in [0, 0.1) is 17.5 Å². The lowest BCUT2D eigenvalue weighted by Gasteiger charge is -2.15. The molecule has 30 heavy (non-hydrogen) atoms. The molecule has 1 aliphatic heterocycles. The first kappa shape index (κ1) is 19.7. The zero-order valence-electron chi connectivity index (χ0n) is 15.1. The van der Waals surface area contributed by atoms with Crippen LogP contribution in [0.25, 0.3) is 5.57 Å². The highest BCUT2D eigenvalue weighted by Crippen LogP contribution is 2.34. The molecule has 4 nitrogen and oxygen atoms in total. The smallest absolute Gasteiger partial charge is 0.282 e. The van der Waals surface area contributed by atoms with Crippen molar-refractivity contribution in [1.82, 2.24) is 0 Å². The van der Waals surface area contributed by atoms with E-state index in [0.29, 0.717) is 10.6 Å². The topological polar surface area (TPSA) is 49.4 Å². The standard InChI is InChI=1S/C22H12ClF3N2O2/c23-13-6-4-12(5-7-13)19-20(27-15-3-1-2-14(24)10-15)22(30)28(21(19)29)16-8-9-17(25)18(26)11-16/h1-11,27H. The Bertz CT molecular complexity index is 1210. The Morgan fingerprint density at radius 3 is 2.20 bits per heavy atom. The van der Waals surface area contributed by atoms with E-state index in [1.54, 1.807) is 24.3 Å². The maximum absolute atomic E-state index is 13.7. The first-order chi connectivity index (χ1) is 14.3. The van der Waals surface area contributed by atoms with Crippen LogP contribution in [0.5, 0.6) is 0 Å². The molecular weight excluding hydrogens is 417 g/mol. The van der Waals surface area contributed by atoms with Gasteiger partial charge in [-0.3, -0.25) is 9.59 Å². The summed E-state index contributed by atoms with van der Waals surface area (Å²) in [6.07, 6.45) is 0. The number of carbonyl (C=O) groups excluding carboxylic acids is 2. The first-order valence-electron chi connectivity index (χ1n) is 8.72. The Hall–Kier alpha value is -3.58. The van der Waals surface area contributed by atoms with Gasteiger partial charge in [-0.2, -0.15) is 0 Å². The molecule has 1 N–H and O–H groups in total. The van der Waals surface area contributed by atoms with Gasteiger partial charge in [0.2, 0.25) is 0 Å². The SMILES string of the molecule is O=C1C(Nc2cccc(F)c2)=C(c2ccc(Cl)cc2)C(=O)N1c1ccc(F)c(F)c1. The van der Waals surface area contributed by atoms with Gasteiger partial charge in [0.05, 0.1) is 11.3 Å². The largest absolute Gasteiger partial charge is 0.350 e. The lowest BCUT2D eigenvalue weighted by molar-refractivity contribution is -0.120. The zero-order valence-corrected chi connectivity index (χ0v) is 15.9. The molecule has 3 aromatic rings. The minimum absolute atomic E-state index is 0.00865. The van der Waals surface area contributed by atoms with Gasteiger partial charge in [0, 0.05) is 16.8 Å². The molecular formula is C22H12ClF3N2O2. The second-order valence-corrected chi connectivity index (χ2v) is 6.87. The van der Waals surface area contributed by atoms with E-state index in [9.17, 15) is 22.8 Å². The number of nitrogens with one attached hydrogen (secondary N) is 1. The number of carbonyl (C=O) groups is 2. The molecule has 0 unspecified atom stereocenters. The number of benzene rings is 3. The van der Waals surface area contributed by atoms with Gasteiger partial charge < -0.3 is 5.32 Å². The highest BCUT2D eigenvalue weighted by Gasteiger charge is 2.40. The van der Waals surface area contributed by atoms with Gasteiger partial charge in [-0.1, -0.05) is 29.8 Å². The normalized spacial score (nSPS) is 13.9. The van der Waals surface area contributed by atoms with Crippen molar-refractivity contribution in [3.63, 3.8) is 0 Å². The van der Waals surface area contributed by atoms with Gasteiger partial charge in [-0.15, -0.1) is 0 Å². The van der Waals surface area contributed by atoms with Crippen molar-refractivity contribution in [2.45, 2.75) is 0 Å². The number of nitrogens with zero attached hydrogens (tertiary/aromatic N) is 1. The minimum atomic E-state index is -1.20. The van der Waals surface area contributed by atoms with Gasteiger partial charge in [-0.05, 0) is 48.0 Å². The summed E-state index contributed by atoms with van der Waals surface area (Å²) in [6, 6.07) is 14.2. The second-order valence-electron chi connectivity index (χ2n) is 6.44. The summed E-state index contributed by atoms with van der Waals surface area (Å²) in [7, 11) is 0. The van der Waals surface area contributed by atoms with Crippen LogP contribution < -0.4 is 10.2 Å². The van der Waals surface area contributed by atoms with Crippen molar-refractivity contribution >= 4 is 40.4 Å². The second kappa shape index (κ2) is 7.68. The predicted molar refractivity (Wildman–Crippen MR) is 107 cm³/mol. The Balaban J connectivity index is 1.83. The average molecular weight is 429 g/mol. The van der Waals surface area contributed by atoms with E-state index >= 15 is 0 Å². The first-order valence-corrected chi connectivity index (χ1v) is 9.09. The third kappa shape index (κ3) is 3.55. The molecule has 0 aromatic heterocycles. The number of rotatable bonds is 4. The molecule has 0 atom stereocenters. The van der Waals surface area contributed by atoms with E-state index in [1.165, 1.54) is 18.2 Å². The summed E-state index contributed by atoms with van der Waals surface area (Å²) in [5.74, 6) is -4.38. The third-order valence-electron chi connectivity index (χ3n) is 4.47. The molecule has 0 saturated carbocycles. The van der Waals surface area contributed by atoms with Gasteiger partial charge in [0.25, 0.3) is 11.8 Å². The molecule has 0 bridgehead atoms. The van der Waals surface area contributed by atoms with Crippen LogP contribution in [0.2, 0.25) is 5.02 Å². The predicted octanol–water partition coefficient (Wildman–Crippen LogP) is 5.15. The molecule has 2 amide bonds.